The van der Waals surface area contributed by atoms with Gasteiger partial charge in [0.1, 0.15) is 12.4 Å². The molecule has 1 rings (SSSR count). The average Bonchev–Trinajstić information content (AvgIpc) is 2.45. The van der Waals surface area contributed by atoms with E-state index in [2.05, 4.69) is 26.3 Å². The van der Waals surface area contributed by atoms with E-state index in [1.165, 1.54) is 19.3 Å². The number of nitrogens with one attached hydrogen (secondary N) is 2. The summed E-state index contributed by atoms with van der Waals surface area (Å²) >= 11 is 3.23. The summed E-state index contributed by atoms with van der Waals surface area (Å²) in [6, 6.07) is 4.76. The molecule has 0 aliphatic heterocycles. The lowest BCUT2D eigenvalue weighted by molar-refractivity contribution is -0.307. The van der Waals surface area contributed by atoms with Crippen molar-refractivity contribution in [2.45, 2.75) is 0 Å². The molecule has 21 heavy (non-hydrogen) atoms. The zero-order valence-electron chi connectivity index (χ0n) is 10.9. The Morgan fingerprint density at radius 2 is 2.10 bits per heavy atom. The maximum atomic E-state index is 11.2. The van der Waals surface area contributed by atoms with Crippen LogP contribution in [0.1, 0.15) is 5.56 Å². The number of aliphatic carboxylic acids is 1. The molecule has 0 saturated heterocycles. The van der Waals surface area contributed by atoms with Crippen molar-refractivity contribution in [3.63, 3.8) is 0 Å². The third-order valence-electron chi connectivity index (χ3n) is 2.12. The molecular formula is C12H11BrN3O5-. The van der Waals surface area contributed by atoms with Gasteiger partial charge in [0.2, 0.25) is 0 Å². The summed E-state index contributed by atoms with van der Waals surface area (Å²) < 4.78 is 5.71. The van der Waals surface area contributed by atoms with Gasteiger partial charge in [0.25, 0.3) is 0 Å². The SMILES string of the molecule is CNC(=O)C(=O)N/N=C\c1cc(Br)ccc1OCC(=O)[O-]. The molecule has 1 aromatic rings. The fourth-order valence-electron chi connectivity index (χ4n) is 1.21. The fraction of sp³-hybridized carbons (Fsp3) is 0.167. The Bertz CT molecular complexity index is 588. The van der Waals surface area contributed by atoms with Gasteiger partial charge < -0.3 is 20.0 Å². The molecule has 0 aliphatic carbocycles. The number of carbonyl (C=O) groups is 3. The molecule has 9 heteroatoms. The van der Waals surface area contributed by atoms with Gasteiger partial charge in [-0.3, -0.25) is 9.59 Å². The van der Waals surface area contributed by atoms with Crippen LogP contribution >= 0.6 is 15.9 Å². The average molecular weight is 357 g/mol. The Balaban J connectivity index is 2.80. The molecule has 1 aromatic carbocycles. The van der Waals surface area contributed by atoms with Crippen LogP contribution in [0.3, 0.4) is 0 Å². The number of hydrazone groups is 1. The van der Waals surface area contributed by atoms with E-state index in [0.29, 0.717) is 10.0 Å². The van der Waals surface area contributed by atoms with Crippen molar-refractivity contribution >= 4 is 39.9 Å². The van der Waals surface area contributed by atoms with Gasteiger partial charge in [0, 0.05) is 17.1 Å². The first kappa shape index (κ1) is 16.6. The number of hydrogen-bond acceptors (Lipinski definition) is 6. The normalized spacial score (nSPS) is 10.2. The molecule has 0 aliphatic rings. The highest BCUT2D eigenvalue weighted by atomic mass is 79.9. The van der Waals surface area contributed by atoms with Gasteiger partial charge in [-0.05, 0) is 18.2 Å². The van der Waals surface area contributed by atoms with E-state index >= 15 is 0 Å². The first-order valence-corrected chi connectivity index (χ1v) is 6.40. The van der Waals surface area contributed by atoms with Gasteiger partial charge in [-0.25, -0.2) is 5.43 Å². The third kappa shape index (κ3) is 5.61. The molecule has 0 fully saturated rings. The summed E-state index contributed by atoms with van der Waals surface area (Å²) in [6.07, 6.45) is 1.22. The third-order valence-corrected chi connectivity index (χ3v) is 2.61. The van der Waals surface area contributed by atoms with Crippen molar-refractivity contribution in [1.29, 1.82) is 0 Å². The van der Waals surface area contributed by atoms with Crippen LogP contribution in [-0.2, 0) is 14.4 Å². The molecule has 112 valence electrons. The molecule has 0 atom stereocenters. The lowest BCUT2D eigenvalue weighted by atomic mass is 10.2. The second kappa shape index (κ2) is 8.00. The zero-order valence-corrected chi connectivity index (χ0v) is 12.5. The summed E-state index contributed by atoms with van der Waals surface area (Å²) in [5.74, 6) is -2.90. The number of rotatable bonds is 5. The predicted octanol–water partition coefficient (Wildman–Crippen LogP) is -1.23. The molecule has 0 spiro atoms. The largest absolute Gasteiger partial charge is 0.546 e. The molecule has 8 nitrogen and oxygen atoms in total. The van der Waals surface area contributed by atoms with Crippen LogP contribution in [0, 0.1) is 0 Å². The zero-order chi connectivity index (χ0) is 15.8. The summed E-state index contributed by atoms with van der Waals surface area (Å²) in [5.41, 5.74) is 2.42. The van der Waals surface area contributed by atoms with E-state index in [9.17, 15) is 19.5 Å². The standard InChI is InChI=1S/C12H12BrN3O5/c1-14-11(19)12(20)16-15-5-7-4-8(13)2-3-9(7)21-6-10(17)18/h2-5H,6H2,1H3,(H,14,19)(H,16,20)(H,17,18)/p-1/b15-5-. The maximum absolute atomic E-state index is 11.2. The summed E-state index contributed by atoms with van der Waals surface area (Å²) in [6.45, 7) is -0.618. The van der Waals surface area contributed by atoms with Gasteiger partial charge in [0.15, 0.2) is 0 Å². The van der Waals surface area contributed by atoms with Gasteiger partial charge in [0.05, 0.1) is 12.2 Å². The minimum absolute atomic E-state index is 0.236. The number of benzene rings is 1. The van der Waals surface area contributed by atoms with Crippen molar-refractivity contribution in [3.05, 3.63) is 28.2 Å². The number of amides is 2. The monoisotopic (exact) mass is 356 g/mol. The van der Waals surface area contributed by atoms with Crippen LogP contribution in [0.2, 0.25) is 0 Å². The number of carboxylic acid groups (broad SMARTS) is 1. The fourth-order valence-corrected chi connectivity index (χ4v) is 1.59. The lowest BCUT2D eigenvalue weighted by Gasteiger charge is -2.09. The van der Waals surface area contributed by atoms with E-state index < -0.39 is 24.4 Å². The number of hydrogen-bond donors (Lipinski definition) is 2. The van der Waals surface area contributed by atoms with Crippen LogP contribution in [0.25, 0.3) is 0 Å². The van der Waals surface area contributed by atoms with Crippen LogP contribution in [0.4, 0.5) is 0 Å². The van der Waals surface area contributed by atoms with Crippen molar-refractivity contribution < 1.29 is 24.2 Å². The molecule has 0 aromatic heterocycles. The Hall–Kier alpha value is -2.42. The molecule has 0 bridgehead atoms. The minimum atomic E-state index is -1.37. The Morgan fingerprint density at radius 3 is 2.71 bits per heavy atom. The van der Waals surface area contributed by atoms with E-state index in [1.807, 2.05) is 5.43 Å². The minimum Gasteiger partial charge on any atom is -0.546 e. The number of halogens is 1. The van der Waals surface area contributed by atoms with Crippen LogP contribution in [-0.4, -0.2) is 37.7 Å². The summed E-state index contributed by atoms with van der Waals surface area (Å²) in [4.78, 5) is 32.5. The molecule has 0 unspecified atom stereocenters. The van der Waals surface area contributed by atoms with Gasteiger partial charge in [-0.2, -0.15) is 5.10 Å². The van der Waals surface area contributed by atoms with Crippen molar-refractivity contribution in [1.82, 2.24) is 10.7 Å². The van der Waals surface area contributed by atoms with E-state index in [-0.39, 0.29) is 5.75 Å². The van der Waals surface area contributed by atoms with Gasteiger partial charge in [-0.1, -0.05) is 15.9 Å². The molecule has 0 radical (unpaired) electrons. The quantitative estimate of drug-likeness (QED) is 0.389. The van der Waals surface area contributed by atoms with Crippen molar-refractivity contribution in [2.75, 3.05) is 13.7 Å². The molecular weight excluding hydrogens is 346 g/mol. The summed E-state index contributed by atoms with van der Waals surface area (Å²) in [5, 5.41) is 16.1. The topological polar surface area (TPSA) is 120 Å². The highest BCUT2D eigenvalue weighted by molar-refractivity contribution is 9.10. The summed E-state index contributed by atoms with van der Waals surface area (Å²) in [7, 11) is 1.31. The highest BCUT2D eigenvalue weighted by Crippen LogP contribution is 2.21. The predicted molar refractivity (Wildman–Crippen MR) is 74.4 cm³/mol. The van der Waals surface area contributed by atoms with E-state index in [1.54, 1.807) is 12.1 Å². The van der Waals surface area contributed by atoms with Crippen molar-refractivity contribution in [3.8, 4) is 5.75 Å². The van der Waals surface area contributed by atoms with E-state index in [0.717, 1.165) is 0 Å². The molecule has 2 amide bonds. The molecule has 0 heterocycles. The Morgan fingerprint density at radius 1 is 1.38 bits per heavy atom. The van der Waals surface area contributed by atoms with Gasteiger partial charge in [-0.15, -0.1) is 0 Å². The van der Waals surface area contributed by atoms with Crippen molar-refractivity contribution in [2.24, 2.45) is 5.10 Å². The number of carboxylic acids is 1. The van der Waals surface area contributed by atoms with Crippen LogP contribution in [0.15, 0.2) is 27.8 Å². The van der Waals surface area contributed by atoms with Crippen LogP contribution in [0.5, 0.6) is 5.75 Å². The van der Waals surface area contributed by atoms with Crippen LogP contribution < -0.4 is 20.6 Å². The molecule has 0 saturated carbocycles. The first-order valence-electron chi connectivity index (χ1n) is 5.61. The number of carbonyl (C=O) groups excluding carboxylic acids is 3. The smallest absolute Gasteiger partial charge is 0.329 e. The first-order chi connectivity index (χ1) is 9.93. The highest BCUT2D eigenvalue weighted by Gasteiger charge is 2.09. The Labute approximate surface area is 128 Å². The van der Waals surface area contributed by atoms with E-state index in [4.69, 9.17) is 4.74 Å². The second-order valence-electron chi connectivity index (χ2n) is 3.62. The number of ether oxygens (including phenoxy) is 1. The van der Waals surface area contributed by atoms with Gasteiger partial charge >= 0.3 is 11.8 Å². The second-order valence-corrected chi connectivity index (χ2v) is 4.54. The number of nitrogens with zero attached hydrogens (tertiary/aromatic N) is 1. The Kier molecular flexibility index (Phi) is 6.34. The number of likely N-dealkylation sites (N-methyl/N-ethyl adjacent to an activating group) is 1. The lowest BCUT2D eigenvalue weighted by Crippen LogP contribution is -2.35. The maximum Gasteiger partial charge on any atom is 0.329 e. The molecule has 2 N–H and O–H groups in total.